The Bertz CT molecular complexity index is 1150. The molecule has 0 radical (unpaired) electrons. The molecule has 1 fully saturated rings. The number of likely N-dealkylation sites (tertiary alicyclic amines) is 1. The summed E-state index contributed by atoms with van der Waals surface area (Å²) in [4.78, 5) is 30.6. The molecule has 0 spiro atoms. The predicted octanol–water partition coefficient (Wildman–Crippen LogP) is 5.63. The van der Waals surface area contributed by atoms with Gasteiger partial charge in [0.2, 0.25) is 0 Å². The number of carbonyl (C=O) groups excluding carboxylic acids is 2. The Morgan fingerprint density at radius 2 is 1.61 bits per heavy atom. The second-order valence-electron chi connectivity index (χ2n) is 11.1. The van der Waals surface area contributed by atoms with Gasteiger partial charge in [0.05, 0.1) is 11.6 Å². The van der Waals surface area contributed by atoms with Crippen LogP contribution in [0.15, 0.2) is 48.0 Å². The average Bonchev–Trinajstić information content (AvgIpc) is 3.13. The zero-order valence-corrected chi connectivity index (χ0v) is 22.4. The van der Waals surface area contributed by atoms with Crippen molar-refractivity contribution in [2.75, 3.05) is 26.2 Å². The van der Waals surface area contributed by atoms with Crippen molar-refractivity contribution in [1.82, 2.24) is 9.80 Å². The van der Waals surface area contributed by atoms with E-state index in [1.165, 1.54) is 23.1 Å². The fourth-order valence-electron chi connectivity index (χ4n) is 5.45. The molecule has 1 aliphatic carbocycles. The zero-order valence-electron chi connectivity index (χ0n) is 22.4. The highest BCUT2D eigenvalue weighted by Gasteiger charge is 2.46. The van der Waals surface area contributed by atoms with E-state index in [2.05, 4.69) is 57.7 Å². The Hall–Kier alpha value is -2.92. The van der Waals surface area contributed by atoms with E-state index >= 15 is 0 Å². The Labute approximate surface area is 215 Å². The lowest BCUT2D eigenvalue weighted by atomic mass is 9.85. The summed E-state index contributed by atoms with van der Waals surface area (Å²) in [5.74, 6) is -1.21. The quantitative estimate of drug-likeness (QED) is 0.312. The number of aliphatic hydroxyl groups is 1. The highest BCUT2D eigenvalue weighted by molar-refractivity contribution is 6.46. The van der Waals surface area contributed by atoms with E-state index < -0.39 is 17.7 Å². The molecule has 2 aromatic rings. The number of ketones is 1. The number of aliphatic hydroxyl groups excluding tert-OH is 1. The van der Waals surface area contributed by atoms with Gasteiger partial charge in [0.25, 0.3) is 11.7 Å². The summed E-state index contributed by atoms with van der Waals surface area (Å²) in [6, 6.07) is 13.5. The van der Waals surface area contributed by atoms with Gasteiger partial charge >= 0.3 is 0 Å². The van der Waals surface area contributed by atoms with Crippen molar-refractivity contribution >= 4 is 17.4 Å². The van der Waals surface area contributed by atoms with E-state index in [1.54, 1.807) is 4.90 Å². The van der Waals surface area contributed by atoms with Gasteiger partial charge in [0.15, 0.2) is 0 Å². The van der Waals surface area contributed by atoms with Crippen molar-refractivity contribution < 1.29 is 14.7 Å². The Kier molecular flexibility index (Phi) is 7.70. The smallest absolute Gasteiger partial charge is 0.295 e. The van der Waals surface area contributed by atoms with Crippen LogP contribution in [-0.4, -0.2) is 52.8 Å². The molecule has 1 aliphatic heterocycles. The number of amides is 1. The zero-order chi connectivity index (χ0) is 26.0. The van der Waals surface area contributed by atoms with Crippen LogP contribution in [0.5, 0.6) is 0 Å². The maximum atomic E-state index is 13.4. The number of hydrogen-bond acceptors (Lipinski definition) is 4. The van der Waals surface area contributed by atoms with E-state index in [4.69, 9.17) is 0 Å². The average molecular weight is 489 g/mol. The molecule has 0 bridgehead atoms. The number of benzene rings is 2. The first-order valence-electron chi connectivity index (χ1n) is 13.4. The Morgan fingerprint density at radius 1 is 0.972 bits per heavy atom. The van der Waals surface area contributed by atoms with E-state index in [1.807, 2.05) is 24.3 Å². The van der Waals surface area contributed by atoms with Gasteiger partial charge in [-0.05, 0) is 72.5 Å². The Balaban J connectivity index is 1.79. The minimum Gasteiger partial charge on any atom is -0.507 e. The van der Waals surface area contributed by atoms with Crippen LogP contribution < -0.4 is 0 Å². The number of Topliss-reactive ketones (excluding diaryl/α,β-unsaturated/α-hetero) is 1. The fraction of sp³-hybridized carbons (Fsp3) is 0.484. The van der Waals surface area contributed by atoms with Gasteiger partial charge in [-0.1, -0.05) is 71.0 Å². The molecule has 1 amide bonds. The number of likely N-dealkylation sites (N-methyl/N-ethyl adjacent to an activating group) is 1. The minimum absolute atomic E-state index is 0.00771. The lowest BCUT2D eigenvalue weighted by Gasteiger charge is -2.29. The van der Waals surface area contributed by atoms with Crippen molar-refractivity contribution in [2.24, 2.45) is 0 Å². The highest BCUT2D eigenvalue weighted by atomic mass is 16.3. The molecule has 2 aliphatic rings. The third-order valence-corrected chi connectivity index (χ3v) is 7.81. The standard InChI is InChI=1S/C31H40N2O3/c1-6-32(7-2)18-19-33-27(22-14-16-25(17-15-22)31(3,4)5)26(29(35)30(33)36)28(34)24-13-12-21-10-8-9-11-23(21)20-24/h12-17,20,27,34H,6-11,18-19H2,1-5H3/b28-26-. The van der Waals surface area contributed by atoms with Gasteiger partial charge in [-0.15, -0.1) is 0 Å². The third kappa shape index (κ3) is 5.12. The summed E-state index contributed by atoms with van der Waals surface area (Å²) in [6.07, 6.45) is 4.34. The summed E-state index contributed by atoms with van der Waals surface area (Å²) in [6.45, 7) is 13.5. The number of aryl methyl sites for hydroxylation is 2. The Morgan fingerprint density at radius 3 is 2.22 bits per heavy atom. The second kappa shape index (κ2) is 10.6. The van der Waals surface area contributed by atoms with Crippen LogP contribution in [0.1, 0.15) is 81.3 Å². The molecule has 1 N–H and O–H groups in total. The molecule has 5 heteroatoms. The predicted molar refractivity (Wildman–Crippen MR) is 145 cm³/mol. The van der Waals surface area contributed by atoms with Crippen LogP contribution in [0.2, 0.25) is 0 Å². The summed E-state index contributed by atoms with van der Waals surface area (Å²) < 4.78 is 0. The van der Waals surface area contributed by atoms with Crippen LogP contribution in [0.4, 0.5) is 0 Å². The second-order valence-corrected chi connectivity index (χ2v) is 11.1. The highest BCUT2D eigenvalue weighted by Crippen LogP contribution is 2.40. The molecule has 2 aromatic carbocycles. The number of hydrogen-bond donors (Lipinski definition) is 1. The van der Waals surface area contributed by atoms with Gasteiger partial charge in [0.1, 0.15) is 5.76 Å². The molecule has 0 saturated carbocycles. The number of rotatable bonds is 7. The van der Waals surface area contributed by atoms with Crippen LogP contribution in [0.3, 0.4) is 0 Å². The monoisotopic (exact) mass is 488 g/mol. The maximum Gasteiger partial charge on any atom is 0.295 e. The molecule has 192 valence electrons. The lowest BCUT2D eigenvalue weighted by molar-refractivity contribution is -0.140. The number of fused-ring (bicyclic) bond motifs is 1. The largest absolute Gasteiger partial charge is 0.507 e. The van der Waals surface area contributed by atoms with Gasteiger partial charge in [-0.25, -0.2) is 0 Å². The summed E-state index contributed by atoms with van der Waals surface area (Å²) >= 11 is 0. The minimum atomic E-state index is -0.606. The van der Waals surface area contributed by atoms with Crippen molar-refractivity contribution in [3.8, 4) is 0 Å². The molecule has 4 rings (SSSR count). The van der Waals surface area contributed by atoms with E-state index in [9.17, 15) is 14.7 Å². The maximum absolute atomic E-state index is 13.4. The molecule has 1 atom stereocenters. The molecular weight excluding hydrogens is 448 g/mol. The first kappa shape index (κ1) is 26.2. The lowest BCUT2D eigenvalue weighted by Crippen LogP contribution is -2.38. The van der Waals surface area contributed by atoms with Crippen LogP contribution in [-0.2, 0) is 27.8 Å². The first-order chi connectivity index (χ1) is 17.2. The van der Waals surface area contributed by atoms with Crippen LogP contribution >= 0.6 is 0 Å². The van der Waals surface area contributed by atoms with Crippen LogP contribution in [0, 0.1) is 0 Å². The van der Waals surface area contributed by atoms with E-state index in [0.717, 1.165) is 37.9 Å². The normalized spacial score (nSPS) is 19.7. The molecule has 1 heterocycles. The van der Waals surface area contributed by atoms with Crippen LogP contribution in [0.25, 0.3) is 5.76 Å². The van der Waals surface area contributed by atoms with Gasteiger partial charge < -0.3 is 14.9 Å². The summed E-state index contributed by atoms with van der Waals surface area (Å²) in [7, 11) is 0. The van der Waals surface area contributed by atoms with Crippen molar-refractivity contribution in [3.63, 3.8) is 0 Å². The van der Waals surface area contributed by atoms with Gasteiger partial charge in [0, 0.05) is 18.7 Å². The fourth-order valence-corrected chi connectivity index (χ4v) is 5.45. The van der Waals surface area contributed by atoms with Crippen molar-refractivity contribution in [2.45, 2.75) is 71.8 Å². The van der Waals surface area contributed by atoms with Gasteiger partial charge in [-0.2, -0.15) is 0 Å². The summed E-state index contributed by atoms with van der Waals surface area (Å²) in [5.41, 5.74) is 5.38. The van der Waals surface area contributed by atoms with E-state index in [0.29, 0.717) is 18.7 Å². The SMILES string of the molecule is CCN(CC)CCN1C(=O)C(=O)/C(=C(\O)c2ccc3c(c2)CCCC3)C1c1ccc(C(C)(C)C)cc1. The molecule has 36 heavy (non-hydrogen) atoms. The summed E-state index contributed by atoms with van der Waals surface area (Å²) in [5, 5.41) is 11.5. The van der Waals surface area contributed by atoms with Gasteiger partial charge in [-0.3, -0.25) is 9.59 Å². The van der Waals surface area contributed by atoms with Crippen molar-refractivity contribution in [3.05, 3.63) is 75.9 Å². The molecule has 1 saturated heterocycles. The molecular formula is C31H40N2O3. The first-order valence-corrected chi connectivity index (χ1v) is 13.4. The number of carbonyl (C=O) groups is 2. The molecule has 0 aromatic heterocycles. The molecule has 5 nitrogen and oxygen atoms in total. The third-order valence-electron chi connectivity index (χ3n) is 7.81. The topological polar surface area (TPSA) is 60.9 Å². The van der Waals surface area contributed by atoms with Crippen molar-refractivity contribution in [1.29, 1.82) is 0 Å². The number of nitrogens with zero attached hydrogens (tertiary/aromatic N) is 2. The van der Waals surface area contributed by atoms with E-state index in [-0.39, 0.29) is 16.7 Å². The molecule has 1 unspecified atom stereocenters.